The van der Waals surface area contributed by atoms with Crippen LogP contribution in [-0.2, 0) is 11.3 Å². The van der Waals surface area contributed by atoms with Crippen molar-refractivity contribution in [1.29, 1.82) is 0 Å². The quantitative estimate of drug-likeness (QED) is 0.884. The molecule has 2 aromatic rings. The van der Waals surface area contributed by atoms with Crippen LogP contribution in [0.4, 0.5) is 0 Å². The molecule has 1 saturated carbocycles. The van der Waals surface area contributed by atoms with Gasteiger partial charge in [-0.1, -0.05) is 17.7 Å². The molecule has 0 bridgehead atoms. The zero-order valence-electron chi connectivity index (χ0n) is 10.4. The average Bonchev–Trinajstić information content (AvgIpc) is 3.12. The number of carbonyl (C=O) groups is 1. The van der Waals surface area contributed by atoms with E-state index in [-0.39, 0.29) is 6.54 Å². The molecule has 2 N–H and O–H groups in total. The first-order valence-electron chi connectivity index (χ1n) is 6.35. The van der Waals surface area contributed by atoms with E-state index in [1.807, 2.05) is 29.3 Å². The maximum atomic E-state index is 10.9. The van der Waals surface area contributed by atoms with Crippen LogP contribution in [0, 0.1) is 0 Å². The number of benzene rings is 1. The SMILES string of the molecule is O=C(O)CN(Cc1c[nH]c2cc(Cl)ccc12)C1CC1. The molecule has 1 heterocycles. The second-order valence-electron chi connectivity index (χ2n) is 5.03. The molecule has 3 rings (SSSR count). The molecule has 0 spiro atoms. The first-order valence-corrected chi connectivity index (χ1v) is 6.72. The highest BCUT2D eigenvalue weighted by Gasteiger charge is 2.30. The first-order chi connectivity index (χ1) is 9.13. The van der Waals surface area contributed by atoms with Gasteiger partial charge in [-0.3, -0.25) is 9.69 Å². The number of carboxylic acids is 1. The van der Waals surface area contributed by atoms with E-state index in [0.717, 1.165) is 29.3 Å². The summed E-state index contributed by atoms with van der Waals surface area (Å²) in [5.74, 6) is -0.769. The van der Waals surface area contributed by atoms with Crippen molar-refractivity contribution in [1.82, 2.24) is 9.88 Å². The summed E-state index contributed by atoms with van der Waals surface area (Å²) in [6, 6.07) is 6.15. The molecule has 0 radical (unpaired) electrons. The summed E-state index contributed by atoms with van der Waals surface area (Å²) in [5, 5.41) is 10.8. The number of fused-ring (bicyclic) bond motifs is 1. The summed E-state index contributed by atoms with van der Waals surface area (Å²) in [4.78, 5) is 16.1. The minimum Gasteiger partial charge on any atom is -0.480 e. The molecule has 19 heavy (non-hydrogen) atoms. The summed E-state index contributed by atoms with van der Waals surface area (Å²) >= 11 is 5.95. The Labute approximate surface area is 116 Å². The van der Waals surface area contributed by atoms with Crippen LogP contribution in [0.15, 0.2) is 24.4 Å². The topological polar surface area (TPSA) is 56.3 Å². The van der Waals surface area contributed by atoms with E-state index >= 15 is 0 Å². The number of hydrogen-bond acceptors (Lipinski definition) is 2. The van der Waals surface area contributed by atoms with E-state index in [2.05, 4.69) is 4.98 Å². The lowest BCUT2D eigenvalue weighted by Crippen LogP contribution is -2.31. The van der Waals surface area contributed by atoms with Crippen molar-refractivity contribution >= 4 is 28.5 Å². The third-order valence-electron chi connectivity index (χ3n) is 3.50. The largest absolute Gasteiger partial charge is 0.480 e. The van der Waals surface area contributed by atoms with Crippen molar-refractivity contribution in [2.45, 2.75) is 25.4 Å². The Kier molecular flexibility index (Phi) is 3.21. The van der Waals surface area contributed by atoms with Crippen molar-refractivity contribution in [2.24, 2.45) is 0 Å². The number of aromatic amines is 1. The van der Waals surface area contributed by atoms with Crippen LogP contribution >= 0.6 is 11.6 Å². The predicted molar refractivity (Wildman–Crippen MR) is 74.4 cm³/mol. The van der Waals surface area contributed by atoms with Gasteiger partial charge < -0.3 is 10.1 Å². The summed E-state index contributed by atoms with van der Waals surface area (Å²) in [5.41, 5.74) is 2.12. The van der Waals surface area contributed by atoms with Gasteiger partial charge in [0.05, 0.1) is 6.54 Å². The average molecular weight is 279 g/mol. The molecule has 0 amide bonds. The fraction of sp³-hybridized carbons (Fsp3) is 0.357. The minimum absolute atomic E-state index is 0.102. The summed E-state index contributed by atoms with van der Waals surface area (Å²) < 4.78 is 0. The van der Waals surface area contributed by atoms with Gasteiger partial charge in [0, 0.05) is 34.7 Å². The fourth-order valence-electron chi connectivity index (χ4n) is 2.44. The van der Waals surface area contributed by atoms with Crippen LogP contribution in [0.1, 0.15) is 18.4 Å². The summed E-state index contributed by atoms with van der Waals surface area (Å²) in [6.07, 6.45) is 4.14. The van der Waals surface area contributed by atoms with E-state index in [0.29, 0.717) is 17.6 Å². The predicted octanol–water partition coefficient (Wildman–Crippen LogP) is 2.87. The Morgan fingerprint density at radius 1 is 1.47 bits per heavy atom. The molecule has 0 atom stereocenters. The molecular weight excluding hydrogens is 264 g/mol. The Balaban J connectivity index is 1.85. The summed E-state index contributed by atoms with van der Waals surface area (Å²) in [7, 11) is 0. The Morgan fingerprint density at radius 3 is 2.95 bits per heavy atom. The Hall–Kier alpha value is -1.52. The molecule has 5 heteroatoms. The maximum absolute atomic E-state index is 10.9. The Morgan fingerprint density at radius 2 is 2.26 bits per heavy atom. The van der Waals surface area contributed by atoms with Crippen LogP contribution in [0.5, 0.6) is 0 Å². The second kappa shape index (κ2) is 4.87. The van der Waals surface area contributed by atoms with Gasteiger partial charge in [0.25, 0.3) is 0 Å². The van der Waals surface area contributed by atoms with Gasteiger partial charge in [-0.25, -0.2) is 0 Å². The highest BCUT2D eigenvalue weighted by atomic mass is 35.5. The van der Waals surface area contributed by atoms with Crippen molar-refractivity contribution in [3.05, 3.63) is 35.0 Å². The van der Waals surface area contributed by atoms with Gasteiger partial charge in [0.1, 0.15) is 0 Å². The fourth-order valence-corrected chi connectivity index (χ4v) is 2.61. The third-order valence-corrected chi connectivity index (χ3v) is 3.74. The molecule has 0 unspecified atom stereocenters. The molecule has 1 aliphatic rings. The summed E-state index contributed by atoms with van der Waals surface area (Å²) in [6.45, 7) is 0.767. The molecule has 0 saturated heterocycles. The number of aliphatic carboxylic acids is 1. The van der Waals surface area contributed by atoms with Gasteiger partial charge in [-0.05, 0) is 30.5 Å². The second-order valence-corrected chi connectivity index (χ2v) is 5.47. The van der Waals surface area contributed by atoms with Gasteiger partial charge in [-0.15, -0.1) is 0 Å². The molecule has 1 aliphatic carbocycles. The molecular formula is C14H15ClN2O2. The molecule has 1 aromatic carbocycles. The number of carboxylic acid groups (broad SMARTS) is 1. The lowest BCUT2D eigenvalue weighted by molar-refractivity contribution is -0.138. The molecule has 4 nitrogen and oxygen atoms in total. The van der Waals surface area contributed by atoms with E-state index in [1.165, 1.54) is 0 Å². The number of halogens is 1. The number of rotatable bonds is 5. The lowest BCUT2D eigenvalue weighted by Gasteiger charge is -2.19. The maximum Gasteiger partial charge on any atom is 0.317 e. The molecule has 100 valence electrons. The normalized spacial score (nSPS) is 15.3. The minimum atomic E-state index is -0.769. The number of H-pyrrole nitrogens is 1. The van der Waals surface area contributed by atoms with Crippen LogP contribution in [0.25, 0.3) is 10.9 Å². The van der Waals surface area contributed by atoms with Crippen molar-refractivity contribution in [2.75, 3.05) is 6.54 Å². The van der Waals surface area contributed by atoms with Crippen LogP contribution in [0.3, 0.4) is 0 Å². The van der Waals surface area contributed by atoms with Crippen LogP contribution in [-0.4, -0.2) is 33.5 Å². The molecule has 0 aliphatic heterocycles. The first kappa shape index (κ1) is 12.5. The van der Waals surface area contributed by atoms with E-state index < -0.39 is 5.97 Å². The zero-order valence-corrected chi connectivity index (χ0v) is 11.2. The molecule has 1 fully saturated rings. The van der Waals surface area contributed by atoms with Crippen molar-refractivity contribution in [3.8, 4) is 0 Å². The van der Waals surface area contributed by atoms with E-state index in [1.54, 1.807) is 0 Å². The molecule has 1 aromatic heterocycles. The number of aromatic nitrogens is 1. The number of nitrogens with one attached hydrogen (secondary N) is 1. The van der Waals surface area contributed by atoms with Crippen LogP contribution < -0.4 is 0 Å². The monoisotopic (exact) mass is 278 g/mol. The van der Waals surface area contributed by atoms with Crippen molar-refractivity contribution < 1.29 is 9.90 Å². The van der Waals surface area contributed by atoms with E-state index in [4.69, 9.17) is 16.7 Å². The highest BCUT2D eigenvalue weighted by Crippen LogP contribution is 2.30. The zero-order chi connectivity index (χ0) is 13.4. The van der Waals surface area contributed by atoms with E-state index in [9.17, 15) is 4.79 Å². The number of hydrogen-bond donors (Lipinski definition) is 2. The van der Waals surface area contributed by atoms with Gasteiger partial charge in [0.2, 0.25) is 0 Å². The number of nitrogens with zero attached hydrogens (tertiary/aromatic N) is 1. The highest BCUT2D eigenvalue weighted by molar-refractivity contribution is 6.31. The third kappa shape index (κ3) is 2.74. The van der Waals surface area contributed by atoms with Gasteiger partial charge in [0.15, 0.2) is 0 Å². The standard InChI is InChI=1S/C14H15ClN2O2/c15-10-1-4-12-9(6-16-13(12)5-10)7-17(8-14(18)19)11-2-3-11/h1,4-6,11,16H,2-3,7-8H2,(H,18,19). The van der Waals surface area contributed by atoms with Crippen LogP contribution in [0.2, 0.25) is 5.02 Å². The van der Waals surface area contributed by atoms with Crippen molar-refractivity contribution in [3.63, 3.8) is 0 Å². The lowest BCUT2D eigenvalue weighted by atomic mass is 10.1. The van der Waals surface area contributed by atoms with Gasteiger partial charge in [-0.2, -0.15) is 0 Å². The Bertz CT molecular complexity index is 619. The van der Waals surface area contributed by atoms with Gasteiger partial charge >= 0.3 is 5.97 Å². The smallest absolute Gasteiger partial charge is 0.317 e.